The van der Waals surface area contributed by atoms with Gasteiger partial charge in [0.05, 0.1) is 6.54 Å². The predicted octanol–water partition coefficient (Wildman–Crippen LogP) is 2.58. The molecule has 0 radical (unpaired) electrons. The third-order valence-corrected chi connectivity index (χ3v) is 3.80. The Morgan fingerprint density at radius 1 is 1.27 bits per heavy atom. The third-order valence-electron chi connectivity index (χ3n) is 3.80. The van der Waals surface area contributed by atoms with Crippen LogP contribution in [0.1, 0.15) is 16.8 Å². The summed E-state index contributed by atoms with van der Waals surface area (Å²) < 4.78 is 2.14. The minimum absolute atomic E-state index is 0.841. The molecule has 0 amide bonds. The van der Waals surface area contributed by atoms with Crippen LogP contribution in [0.4, 0.5) is 0 Å². The van der Waals surface area contributed by atoms with Crippen molar-refractivity contribution in [2.45, 2.75) is 19.9 Å². The zero-order valence-electron chi connectivity index (χ0n) is 14.0. The predicted molar refractivity (Wildman–Crippen MR) is 93.1 cm³/mol. The Hall–Kier alpha value is -2.23. The van der Waals surface area contributed by atoms with E-state index >= 15 is 0 Å². The van der Waals surface area contributed by atoms with Crippen molar-refractivity contribution in [1.29, 1.82) is 0 Å². The number of aryl methyl sites for hydroxylation is 2. The average Bonchev–Trinajstić information content (AvgIpc) is 2.89. The van der Waals surface area contributed by atoms with Gasteiger partial charge in [-0.25, -0.2) is 0 Å². The first-order valence-corrected chi connectivity index (χ1v) is 7.67. The second kappa shape index (κ2) is 7.69. The van der Waals surface area contributed by atoms with Crippen LogP contribution in [-0.4, -0.2) is 36.1 Å². The SMILES string of the molecule is CN=C(NCCc1cccc(C)c1)N(C)Cc1cccn1C. The zero-order valence-corrected chi connectivity index (χ0v) is 14.0. The number of aromatic nitrogens is 1. The van der Waals surface area contributed by atoms with Gasteiger partial charge in [0.1, 0.15) is 0 Å². The summed E-state index contributed by atoms with van der Waals surface area (Å²) in [4.78, 5) is 6.51. The number of aliphatic imine (C=N–C) groups is 1. The van der Waals surface area contributed by atoms with E-state index in [9.17, 15) is 0 Å². The molecular formula is C18H26N4. The molecule has 0 spiro atoms. The standard InChI is InChI=1S/C18H26N4/c1-15-7-5-8-16(13-15)10-11-20-18(19-2)22(4)14-17-9-6-12-21(17)3/h5-9,12-13H,10-11,14H2,1-4H3,(H,19,20). The Morgan fingerprint density at radius 3 is 2.73 bits per heavy atom. The molecule has 1 heterocycles. The van der Waals surface area contributed by atoms with Gasteiger partial charge in [-0.15, -0.1) is 0 Å². The first-order valence-electron chi connectivity index (χ1n) is 7.67. The van der Waals surface area contributed by atoms with Gasteiger partial charge in [-0.2, -0.15) is 0 Å². The molecule has 2 aromatic rings. The zero-order chi connectivity index (χ0) is 15.9. The van der Waals surface area contributed by atoms with Crippen molar-refractivity contribution in [3.63, 3.8) is 0 Å². The monoisotopic (exact) mass is 298 g/mol. The van der Waals surface area contributed by atoms with Crippen LogP contribution >= 0.6 is 0 Å². The largest absolute Gasteiger partial charge is 0.356 e. The molecular weight excluding hydrogens is 272 g/mol. The molecule has 22 heavy (non-hydrogen) atoms. The Kier molecular flexibility index (Phi) is 5.64. The summed E-state index contributed by atoms with van der Waals surface area (Å²) in [7, 11) is 5.96. The summed E-state index contributed by atoms with van der Waals surface area (Å²) in [6, 6.07) is 12.8. The molecule has 0 fully saturated rings. The van der Waals surface area contributed by atoms with Crippen LogP contribution < -0.4 is 5.32 Å². The van der Waals surface area contributed by atoms with Crippen LogP contribution in [0.25, 0.3) is 0 Å². The highest BCUT2D eigenvalue weighted by atomic mass is 15.3. The lowest BCUT2D eigenvalue weighted by molar-refractivity contribution is 0.462. The van der Waals surface area contributed by atoms with Crippen LogP contribution in [0, 0.1) is 6.92 Å². The van der Waals surface area contributed by atoms with Crippen molar-refractivity contribution in [2.24, 2.45) is 12.0 Å². The van der Waals surface area contributed by atoms with Crippen LogP contribution in [-0.2, 0) is 20.0 Å². The lowest BCUT2D eigenvalue weighted by Gasteiger charge is -2.22. The van der Waals surface area contributed by atoms with E-state index in [0.29, 0.717) is 0 Å². The van der Waals surface area contributed by atoms with Gasteiger partial charge in [0.15, 0.2) is 5.96 Å². The molecule has 0 aliphatic heterocycles. The normalized spacial score (nSPS) is 11.5. The Morgan fingerprint density at radius 2 is 2.09 bits per heavy atom. The van der Waals surface area contributed by atoms with Crippen molar-refractivity contribution < 1.29 is 0 Å². The molecule has 1 aromatic carbocycles. The van der Waals surface area contributed by atoms with E-state index in [1.807, 2.05) is 7.05 Å². The van der Waals surface area contributed by atoms with Gasteiger partial charge in [-0.1, -0.05) is 29.8 Å². The van der Waals surface area contributed by atoms with Crippen LogP contribution in [0.5, 0.6) is 0 Å². The first kappa shape index (κ1) is 16.1. The third kappa shape index (κ3) is 4.38. The number of hydrogen-bond acceptors (Lipinski definition) is 1. The van der Waals surface area contributed by atoms with Crippen LogP contribution in [0.2, 0.25) is 0 Å². The summed E-state index contributed by atoms with van der Waals surface area (Å²) in [5, 5.41) is 3.44. The number of hydrogen-bond donors (Lipinski definition) is 1. The summed E-state index contributed by atoms with van der Waals surface area (Å²) in [5.41, 5.74) is 3.93. The molecule has 0 unspecified atom stereocenters. The number of benzene rings is 1. The minimum Gasteiger partial charge on any atom is -0.356 e. The van der Waals surface area contributed by atoms with Gasteiger partial charge >= 0.3 is 0 Å². The van der Waals surface area contributed by atoms with Crippen molar-refractivity contribution in [3.05, 3.63) is 59.4 Å². The fraction of sp³-hybridized carbons (Fsp3) is 0.389. The molecule has 0 aliphatic carbocycles. The number of guanidine groups is 1. The lowest BCUT2D eigenvalue weighted by atomic mass is 10.1. The number of rotatable bonds is 5. The molecule has 0 aliphatic rings. The van der Waals surface area contributed by atoms with Gasteiger partial charge in [-0.05, 0) is 31.0 Å². The molecule has 0 atom stereocenters. The van der Waals surface area contributed by atoms with E-state index in [0.717, 1.165) is 25.5 Å². The summed E-state index contributed by atoms with van der Waals surface area (Å²) in [5.74, 6) is 0.925. The highest BCUT2D eigenvalue weighted by Crippen LogP contribution is 2.05. The van der Waals surface area contributed by atoms with E-state index in [4.69, 9.17) is 0 Å². The van der Waals surface area contributed by atoms with Gasteiger partial charge in [0, 0.05) is 39.6 Å². The van der Waals surface area contributed by atoms with Crippen molar-refractivity contribution >= 4 is 5.96 Å². The van der Waals surface area contributed by atoms with Crippen LogP contribution in [0.15, 0.2) is 47.6 Å². The second-order valence-corrected chi connectivity index (χ2v) is 5.68. The van der Waals surface area contributed by atoms with Gasteiger partial charge in [0.2, 0.25) is 0 Å². The topological polar surface area (TPSA) is 32.6 Å². The van der Waals surface area contributed by atoms with Gasteiger partial charge in [-0.3, -0.25) is 4.99 Å². The van der Waals surface area contributed by atoms with E-state index in [1.54, 1.807) is 0 Å². The second-order valence-electron chi connectivity index (χ2n) is 5.68. The van der Waals surface area contributed by atoms with Gasteiger partial charge < -0.3 is 14.8 Å². The molecule has 0 saturated carbocycles. The van der Waals surface area contributed by atoms with Crippen molar-refractivity contribution in [1.82, 2.24) is 14.8 Å². The maximum absolute atomic E-state index is 4.37. The molecule has 0 saturated heterocycles. The molecule has 1 aromatic heterocycles. The molecule has 2 rings (SSSR count). The van der Waals surface area contributed by atoms with Crippen molar-refractivity contribution in [3.8, 4) is 0 Å². The van der Waals surface area contributed by atoms with E-state index < -0.39 is 0 Å². The maximum Gasteiger partial charge on any atom is 0.193 e. The van der Waals surface area contributed by atoms with E-state index in [-0.39, 0.29) is 0 Å². The average molecular weight is 298 g/mol. The highest BCUT2D eigenvalue weighted by Gasteiger charge is 2.07. The molecule has 1 N–H and O–H groups in total. The Balaban J connectivity index is 1.85. The number of nitrogens with one attached hydrogen (secondary N) is 1. The summed E-state index contributed by atoms with van der Waals surface area (Å²) >= 11 is 0. The molecule has 4 heteroatoms. The highest BCUT2D eigenvalue weighted by molar-refractivity contribution is 5.79. The van der Waals surface area contributed by atoms with Gasteiger partial charge in [0.25, 0.3) is 0 Å². The minimum atomic E-state index is 0.841. The molecule has 0 bridgehead atoms. The van der Waals surface area contributed by atoms with E-state index in [2.05, 4.69) is 83.4 Å². The first-order chi connectivity index (χ1) is 10.6. The number of nitrogens with zero attached hydrogens (tertiary/aromatic N) is 3. The lowest BCUT2D eigenvalue weighted by Crippen LogP contribution is -2.39. The molecule has 118 valence electrons. The quantitative estimate of drug-likeness (QED) is 0.680. The smallest absolute Gasteiger partial charge is 0.193 e. The Labute approximate surface area is 133 Å². The maximum atomic E-state index is 4.37. The summed E-state index contributed by atoms with van der Waals surface area (Å²) in [6.07, 6.45) is 3.07. The molecule has 4 nitrogen and oxygen atoms in total. The fourth-order valence-corrected chi connectivity index (χ4v) is 2.55. The summed E-state index contributed by atoms with van der Waals surface area (Å²) in [6.45, 7) is 3.85. The fourth-order valence-electron chi connectivity index (χ4n) is 2.55. The Bertz CT molecular complexity index is 628. The van der Waals surface area contributed by atoms with E-state index in [1.165, 1.54) is 16.8 Å². The van der Waals surface area contributed by atoms with Crippen molar-refractivity contribution in [2.75, 3.05) is 20.6 Å². The van der Waals surface area contributed by atoms with Crippen LogP contribution in [0.3, 0.4) is 0 Å².